The Kier molecular flexibility index (Phi) is 6.27. The monoisotopic (exact) mass is 292 g/mol. The fraction of sp³-hybridized carbons (Fsp3) is 0.562. The summed E-state index contributed by atoms with van der Waals surface area (Å²) in [4.78, 5) is 2.90. The molecule has 1 fully saturated rings. The molecule has 0 aromatic heterocycles. The van der Waals surface area contributed by atoms with Crippen LogP contribution >= 0.6 is 12.2 Å². The highest BCUT2D eigenvalue weighted by atomic mass is 32.1. The first kappa shape index (κ1) is 15.3. The SMILES string of the molecule is NC(=S)c1ccccc1OCCN1CCCCCCC1. The lowest BCUT2D eigenvalue weighted by atomic mass is 10.1. The largest absolute Gasteiger partial charge is 0.492 e. The molecule has 1 aliphatic rings. The molecule has 3 nitrogen and oxygen atoms in total. The number of ether oxygens (including phenoxy) is 1. The van der Waals surface area contributed by atoms with Crippen LogP contribution in [0, 0.1) is 0 Å². The summed E-state index contributed by atoms with van der Waals surface area (Å²) in [5.74, 6) is 0.798. The van der Waals surface area contributed by atoms with Gasteiger partial charge in [0.25, 0.3) is 0 Å². The maximum atomic E-state index is 5.86. The van der Waals surface area contributed by atoms with E-state index in [4.69, 9.17) is 22.7 Å². The summed E-state index contributed by atoms with van der Waals surface area (Å²) in [6.45, 7) is 4.06. The summed E-state index contributed by atoms with van der Waals surface area (Å²) < 4.78 is 5.86. The molecule has 1 heterocycles. The number of nitrogens with zero attached hydrogens (tertiary/aromatic N) is 1. The van der Waals surface area contributed by atoms with Crippen LogP contribution in [0.15, 0.2) is 24.3 Å². The van der Waals surface area contributed by atoms with Crippen LogP contribution < -0.4 is 10.5 Å². The van der Waals surface area contributed by atoms with Crippen LogP contribution in [0.3, 0.4) is 0 Å². The van der Waals surface area contributed by atoms with Crippen LogP contribution in [0.4, 0.5) is 0 Å². The van der Waals surface area contributed by atoms with Crippen molar-refractivity contribution in [3.05, 3.63) is 29.8 Å². The number of hydrogen-bond acceptors (Lipinski definition) is 3. The maximum Gasteiger partial charge on any atom is 0.129 e. The molecule has 2 N–H and O–H groups in total. The fourth-order valence-corrected chi connectivity index (χ4v) is 2.79. The Morgan fingerprint density at radius 1 is 1.10 bits per heavy atom. The maximum absolute atomic E-state index is 5.86. The normalized spacial score (nSPS) is 17.2. The van der Waals surface area contributed by atoms with Crippen molar-refractivity contribution in [2.45, 2.75) is 32.1 Å². The molecule has 1 aromatic rings. The van der Waals surface area contributed by atoms with Gasteiger partial charge in [0.05, 0.1) is 5.56 Å². The number of rotatable bonds is 5. The first-order chi connectivity index (χ1) is 9.77. The third-order valence-corrected chi connectivity index (χ3v) is 3.99. The van der Waals surface area contributed by atoms with Gasteiger partial charge in [-0.25, -0.2) is 0 Å². The Morgan fingerprint density at radius 3 is 2.45 bits per heavy atom. The third-order valence-electron chi connectivity index (χ3n) is 3.77. The quantitative estimate of drug-likeness (QED) is 0.847. The minimum Gasteiger partial charge on any atom is -0.492 e. The summed E-state index contributed by atoms with van der Waals surface area (Å²) in [7, 11) is 0. The van der Waals surface area contributed by atoms with Crippen molar-refractivity contribution in [2.75, 3.05) is 26.2 Å². The average molecular weight is 292 g/mol. The number of para-hydroxylation sites is 1. The minimum atomic E-state index is 0.395. The van der Waals surface area contributed by atoms with E-state index in [-0.39, 0.29) is 0 Å². The number of likely N-dealkylation sites (tertiary alicyclic amines) is 1. The van der Waals surface area contributed by atoms with E-state index in [1.165, 1.54) is 45.2 Å². The van der Waals surface area contributed by atoms with E-state index in [1.807, 2.05) is 24.3 Å². The molecule has 2 rings (SSSR count). The smallest absolute Gasteiger partial charge is 0.129 e. The number of hydrogen-bond donors (Lipinski definition) is 1. The van der Waals surface area contributed by atoms with E-state index >= 15 is 0 Å². The van der Waals surface area contributed by atoms with E-state index in [0.29, 0.717) is 11.6 Å². The van der Waals surface area contributed by atoms with Crippen molar-refractivity contribution in [1.29, 1.82) is 0 Å². The molecule has 0 atom stereocenters. The average Bonchev–Trinajstić information content (AvgIpc) is 2.41. The molecule has 0 saturated carbocycles. The van der Waals surface area contributed by atoms with Gasteiger partial charge < -0.3 is 10.5 Å². The van der Waals surface area contributed by atoms with Crippen LogP contribution in [0.2, 0.25) is 0 Å². The predicted molar refractivity (Wildman–Crippen MR) is 87.3 cm³/mol. The van der Waals surface area contributed by atoms with Gasteiger partial charge in [-0.15, -0.1) is 0 Å². The molecule has 20 heavy (non-hydrogen) atoms. The van der Waals surface area contributed by atoms with Crippen molar-refractivity contribution >= 4 is 17.2 Å². The Bertz CT molecular complexity index is 428. The van der Waals surface area contributed by atoms with Gasteiger partial charge in [0, 0.05) is 6.54 Å². The number of thiocarbonyl (C=S) groups is 1. The minimum absolute atomic E-state index is 0.395. The lowest BCUT2D eigenvalue weighted by Gasteiger charge is -2.24. The van der Waals surface area contributed by atoms with E-state index in [9.17, 15) is 0 Å². The molecule has 110 valence electrons. The van der Waals surface area contributed by atoms with Gasteiger partial charge in [-0.3, -0.25) is 4.90 Å². The Balaban J connectivity index is 1.81. The van der Waals surface area contributed by atoms with Crippen LogP contribution in [0.5, 0.6) is 5.75 Å². The van der Waals surface area contributed by atoms with Crippen LogP contribution in [0.25, 0.3) is 0 Å². The Morgan fingerprint density at radius 2 is 1.75 bits per heavy atom. The first-order valence-electron chi connectivity index (χ1n) is 7.51. The zero-order valence-electron chi connectivity index (χ0n) is 12.0. The molecule has 0 unspecified atom stereocenters. The first-order valence-corrected chi connectivity index (χ1v) is 7.92. The highest BCUT2D eigenvalue weighted by molar-refractivity contribution is 7.80. The molecule has 0 radical (unpaired) electrons. The molecule has 0 amide bonds. The second-order valence-electron chi connectivity index (χ2n) is 5.32. The van der Waals surface area contributed by atoms with Crippen molar-refractivity contribution < 1.29 is 4.74 Å². The molecule has 0 bridgehead atoms. The van der Waals surface area contributed by atoms with E-state index in [0.717, 1.165) is 17.9 Å². The number of benzene rings is 1. The molecular weight excluding hydrogens is 268 g/mol. The van der Waals surface area contributed by atoms with E-state index in [1.54, 1.807) is 0 Å². The third kappa shape index (κ3) is 4.76. The van der Waals surface area contributed by atoms with Crippen molar-refractivity contribution in [3.8, 4) is 5.75 Å². The molecule has 0 spiro atoms. The summed E-state index contributed by atoms with van der Waals surface area (Å²) in [5.41, 5.74) is 6.54. The van der Waals surface area contributed by atoms with Gasteiger partial charge in [0.15, 0.2) is 0 Å². The van der Waals surface area contributed by atoms with Gasteiger partial charge in [-0.05, 0) is 38.1 Å². The zero-order valence-corrected chi connectivity index (χ0v) is 12.8. The summed E-state index contributed by atoms with van der Waals surface area (Å²) >= 11 is 5.05. The van der Waals surface area contributed by atoms with Gasteiger partial charge >= 0.3 is 0 Å². The van der Waals surface area contributed by atoms with Crippen molar-refractivity contribution in [2.24, 2.45) is 5.73 Å². The molecule has 1 aromatic carbocycles. The highest BCUT2D eigenvalue weighted by Crippen LogP contribution is 2.18. The Hall–Kier alpha value is -1.13. The summed E-state index contributed by atoms with van der Waals surface area (Å²) in [5, 5.41) is 0. The zero-order chi connectivity index (χ0) is 14.2. The topological polar surface area (TPSA) is 38.5 Å². The van der Waals surface area contributed by atoms with Gasteiger partial charge in [-0.2, -0.15) is 0 Å². The lowest BCUT2D eigenvalue weighted by molar-refractivity contribution is 0.195. The van der Waals surface area contributed by atoms with E-state index in [2.05, 4.69) is 4.90 Å². The molecule has 1 aliphatic heterocycles. The van der Waals surface area contributed by atoms with Crippen molar-refractivity contribution in [3.63, 3.8) is 0 Å². The van der Waals surface area contributed by atoms with Gasteiger partial charge in [-0.1, -0.05) is 43.6 Å². The Labute approximate surface area is 127 Å². The predicted octanol–water partition coefficient (Wildman–Crippen LogP) is 2.97. The van der Waals surface area contributed by atoms with Crippen LogP contribution in [-0.4, -0.2) is 36.1 Å². The second kappa shape index (κ2) is 8.22. The fourth-order valence-electron chi connectivity index (χ4n) is 2.62. The molecular formula is C16H24N2OS. The van der Waals surface area contributed by atoms with E-state index < -0.39 is 0 Å². The highest BCUT2D eigenvalue weighted by Gasteiger charge is 2.09. The number of nitrogens with two attached hydrogens (primary N) is 1. The van der Waals surface area contributed by atoms with Crippen molar-refractivity contribution in [1.82, 2.24) is 4.90 Å². The molecule has 0 aliphatic carbocycles. The lowest BCUT2D eigenvalue weighted by Crippen LogP contribution is -2.31. The second-order valence-corrected chi connectivity index (χ2v) is 5.76. The van der Waals surface area contributed by atoms with Crippen LogP contribution in [0.1, 0.15) is 37.7 Å². The van der Waals surface area contributed by atoms with Crippen LogP contribution in [-0.2, 0) is 0 Å². The van der Waals surface area contributed by atoms with Gasteiger partial charge in [0.1, 0.15) is 17.3 Å². The van der Waals surface area contributed by atoms with Gasteiger partial charge in [0.2, 0.25) is 0 Å². The molecule has 4 heteroatoms. The standard InChI is InChI=1S/C16H24N2OS/c17-16(20)14-8-4-5-9-15(14)19-13-12-18-10-6-2-1-3-7-11-18/h4-5,8-9H,1-3,6-7,10-13H2,(H2,17,20). The molecule has 1 saturated heterocycles. The summed E-state index contributed by atoms with van der Waals surface area (Å²) in [6, 6.07) is 7.72. The summed E-state index contributed by atoms with van der Waals surface area (Å²) in [6.07, 6.45) is 6.74.